The predicted molar refractivity (Wildman–Crippen MR) is 85.7 cm³/mol. The first-order valence-electron chi connectivity index (χ1n) is 6.83. The zero-order chi connectivity index (χ0) is 14.8. The van der Waals surface area contributed by atoms with Crippen molar-refractivity contribution >= 4 is 37.5 Å². The summed E-state index contributed by atoms with van der Waals surface area (Å²) < 4.78 is 2.41. The number of fused-ring (bicyclic) bond motifs is 3. The minimum Gasteiger partial charge on any atom is -0.336 e. The Morgan fingerprint density at radius 3 is 2.76 bits per heavy atom. The maximum Gasteiger partial charge on any atom is 0.341 e. The normalized spacial score (nSPS) is 11.0. The Bertz CT molecular complexity index is 797. The number of carbonyl (C=O) groups excluding carboxylic acids is 1. The molecule has 2 amide bonds. The summed E-state index contributed by atoms with van der Waals surface area (Å²) in [5.41, 5.74) is 0.905. The molecule has 0 spiro atoms. The molecule has 3 aromatic rings. The standard InChI is InChI=1S/C16H16N2O2S/c1-2-17-16(19)18(20)10-11-7-8-13-12-5-3-4-6-14(12)21-15(13)9-11/h3-9,20H,2,10H2,1H3,(H,17,19). The molecule has 0 radical (unpaired) electrons. The average molecular weight is 300 g/mol. The molecule has 0 fully saturated rings. The fourth-order valence-corrected chi connectivity index (χ4v) is 3.53. The van der Waals surface area contributed by atoms with Gasteiger partial charge in [-0.25, -0.2) is 9.86 Å². The highest BCUT2D eigenvalue weighted by Gasteiger charge is 2.11. The first kappa shape index (κ1) is 13.9. The van der Waals surface area contributed by atoms with E-state index in [4.69, 9.17) is 0 Å². The van der Waals surface area contributed by atoms with E-state index >= 15 is 0 Å². The van der Waals surface area contributed by atoms with Crippen molar-refractivity contribution in [3.8, 4) is 0 Å². The SMILES string of the molecule is CCNC(=O)N(O)Cc1ccc2c(c1)sc1ccccc12. The molecule has 0 saturated heterocycles. The number of benzene rings is 2. The van der Waals surface area contributed by atoms with Crippen LogP contribution in [0.3, 0.4) is 0 Å². The molecule has 3 rings (SSSR count). The van der Waals surface area contributed by atoms with Gasteiger partial charge >= 0.3 is 6.03 Å². The Hall–Kier alpha value is -2.11. The summed E-state index contributed by atoms with van der Waals surface area (Å²) in [6.45, 7) is 2.48. The van der Waals surface area contributed by atoms with Crippen LogP contribution >= 0.6 is 11.3 Å². The lowest BCUT2D eigenvalue weighted by Crippen LogP contribution is -2.36. The molecule has 0 saturated carbocycles. The molecule has 1 aromatic heterocycles. The molecule has 108 valence electrons. The van der Waals surface area contributed by atoms with E-state index in [9.17, 15) is 10.0 Å². The van der Waals surface area contributed by atoms with Gasteiger partial charge < -0.3 is 5.32 Å². The van der Waals surface area contributed by atoms with Crippen LogP contribution in [0.5, 0.6) is 0 Å². The van der Waals surface area contributed by atoms with E-state index in [0.717, 1.165) is 10.3 Å². The fraction of sp³-hybridized carbons (Fsp3) is 0.188. The Morgan fingerprint density at radius 1 is 1.19 bits per heavy atom. The van der Waals surface area contributed by atoms with Gasteiger partial charge in [0.25, 0.3) is 0 Å². The third kappa shape index (κ3) is 2.70. The first-order chi connectivity index (χ1) is 10.2. The van der Waals surface area contributed by atoms with Gasteiger partial charge in [0.2, 0.25) is 0 Å². The molecule has 1 heterocycles. The van der Waals surface area contributed by atoms with Crippen molar-refractivity contribution in [2.75, 3.05) is 6.54 Å². The van der Waals surface area contributed by atoms with E-state index in [2.05, 4.69) is 23.5 Å². The number of carbonyl (C=O) groups is 1. The predicted octanol–water partition coefficient (Wildman–Crippen LogP) is 3.98. The van der Waals surface area contributed by atoms with Gasteiger partial charge in [-0.15, -0.1) is 11.3 Å². The van der Waals surface area contributed by atoms with E-state index in [1.165, 1.54) is 15.5 Å². The van der Waals surface area contributed by atoms with Crippen LogP contribution in [0, 0.1) is 0 Å². The van der Waals surface area contributed by atoms with Gasteiger partial charge in [-0.2, -0.15) is 0 Å². The molecule has 0 aliphatic carbocycles. The first-order valence-corrected chi connectivity index (χ1v) is 7.65. The summed E-state index contributed by atoms with van der Waals surface area (Å²) in [6, 6.07) is 13.8. The molecule has 5 heteroatoms. The van der Waals surface area contributed by atoms with Crippen LogP contribution in [-0.4, -0.2) is 22.8 Å². The summed E-state index contributed by atoms with van der Waals surface area (Å²) in [4.78, 5) is 11.5. The lowest BCUT2D eigenvalue weighted by molar-refractivity contribution is -0.0505. The van der Waals surface area contributed by atoms with Crippen LogP contribution in [0.25, 0.3) is 20.2 Å². The highest BCUT2D eigenvalue weighted by atomic mass is 32.1. The molecule has 0 unspecified atom stereocenters. The topological polar surface area (TPSA) is 52.6 Å². The quantitative estimate of drug-likeness (QED) is 0.568. The van der Waals surface area contributed by atoms with Crippen molar-refractivity contribution in [1.29, 1.82) is 0 Å². The highest BCUT2D eigenvalue weighted by Crippen LogP contribution is 2.34. The van der Waals surface area contributed by atoms with Gasteiger partial charge in [-0.3, -0.25) is 5.21 Å². The molecular weight excluding hydrogens is 284 g/mol. The molecule has 2 aromatic carbocycles. The molecule has 0 atom stereocenters. The Balaban J connectivity index is 1.91. The van der Waals surface area contributed by atoms with Crippen molar-refractivity contribution < 1.29 is 10.0 Å². The maximum atomic E-state index is 11.5. The van der Waals surface area contributed by atoms with Gasteiger partial charge in [0.1, 0.15) is 0 Å². The number of nitrogens with one attached hydrogen (secondary N) is 1. The van der Waals surface area contributed by atoms with Crippen LogP contribution in [-0.2, 0) is 6.54 Å². The Morgan fingerprint density at radius 2 is 1.95 bits per heavy atom. The molecule has 21 heavy (non-hydrogen) atoms. The lowest BCUT2D eigenvalue weighted by atomic mass is 10.1. The summed E-state index contributed by atoms with van der Waals surface area (Å²) >= 11 is 1.72. The number of rotatable bonds is 3. The Kier molecular flexibility index (Phi) is 3.77. The molecule has 4 nitrogen and oxygen atoms in total. The fourth-order valence-electron chi connectivity index (χ4n) is 2.36. The largest absolute Gasteiger partial charge is 0.341 e. The second-order valence-corrected chi connectivity index (χ2v) is 5.91. The summed E-state index contributed by atoms with van der Waals surface area (Å²) in [5, 5.41) is 15.5. The lowest BCUT2D eigenvalue weighted by Gasteiger charge is -2.15. The van der Waals surface area contributed by atoms with E-state index in [-0.39, 0.29) is 6.54 Å². The Labute approximate surface area is 126 Å². The number of thiophene rings is 1. The van der Waals surface area contributed by atoms with Crippen LogP contribution in [0.2, 0.25) is 0 Å². The monoisotopic (exact) mass is 300 g/mol. The third-order valence-corrected chi connectivity index (χ3v) is 4.47. The van der Waals surface area contributed by atoms with Crippen LogP contribution in [0.1, 0.15) is 12.5 Å². The van der Waals surface area contributed by atoms with Crippen LogP contribution < -0.4 is 5.32 Å². The second kappa shape index (κ2) is 5.71. The van der Waals surface area contributed by atoms with Crippen molar-refractivity contribution in [3.05, 3.63) is 48.0 Å². The second-order valence-electron chi connectivity index (χ2n) is 4.82. The minimum absolute atomic E-state index is 0.177. The van der Waals surface area contributed by atoms with Gasteiger partial charge in [0, 0.05) is 26.7 Å². The van der Waals surface area contributed by atoms with E-state index < -0.39 is 6.03 Å². The average Bonchev–Trinajstić information content (AvgIpc) is 2.85. The summed E-state index contributed by atoms with van der Waals surface area (Å²) in [7, 11) is 0. The number of urea groups is 1. The molecular formula is C16H16N2O2S. The summed E-state index contributed by atoms with van der Waals surface area (Å²) in [5.74, 6) is 0. The molecule has 2 N–H and O–H groups in total. The zero-order valence-electron chi connectivity index (χ0n) is 11.7. The number of hydrogen-bond acceptors (Lipinski definition) is 3. The van der Waals surface area contributed by atoms with E-state index in [1.54, 1.807) is 11.3 Å². The van der Waals surface area contributed by atoms with Crippen molar-refractivity contribution in [2.24, 2.45) is 0 Å². The zero-order valence-corrected chi connectivity index (χ0v) is 12.5. The van der Waals surface area contributed by atoms with E-state index in [0.29, 0.717) is 11.6 Å². The van der Waals surface area contributed by atoms with E-state index in [1.807, 2.05) is 31.2 Å². The van der Waals surface area contributed by atoms with Gasteiger partial charge in [0.05, 0.1) is 6.54 Å². The van der Waals surface area contributed by atoms with Crippen molar-refractivity contribution in [2.45, 2.75) is 13.5 Å². The number of nitrogens with zero attached hydrogens (tertiary/aromatic N) is 1. The van der Waals surface area contributed by atoms with Gasteiger partial charge in [-0.1, -0.05) is 30.3 Å². The number of hydroxylamine groups is 2. The van der Waals surface area contributed by atoms with Crippen LogP contribution in [0.4, 0.5) is 4.79 Å². The minimum atomic E-state index is -0.478. The summed E-state index contributed by atoms with van der Waals surface area (Å²) in [6.07, 6.45) is 0. The molecule has 0 aliphatic heterocycles. The number of hydrogen-bond donors (Lipinski definition) is 2. The number of amides is 2. The van der Waals surface area contributed by atoms with Crippen molar-refractivity contribution in [1.82, 2.24) is 10.4 Å². The molecule has 0 bridgehead atoms. The maximum absolute atomic E-state index is 11.5. The van der Waals surface area contributed by atoms with Gasteiger partial charge in [0.15, 0.2) is 0 Å². The third-order valence-electron chi connectivity index (χ3n) is 3.34. The smallest absolute Gasteiger partial charge is 0.336 e. The molecule has 0 aliphatic rings. The van der Waals surface area contributed by atoms with Crippen molar-refractivity contribution in [3.63, 3.8) is 0 Å². The van der Waals surface area contributed by atoms with Crippen LogP contribution in [0.15, 0.2) is 42.5 Å². The highest BCUT2D eigenvalue weighted by molar-refractivity contribution is 7.25. The van der Waals surface area contributed by atoms with Gasteiger partial charge in [-0.05, 0) is 24.6 Å².